The van der Waals surface area contributed by atoms with Crippen LogP contribution >= 0.6 is 0 Å². The van der Waals surface area contributed by atoms with E-state index in [1.54, 1.807) is 0 Å². The zero-order chi connectivity index (χ0) is 8.53. The molecule has 0 heterocycles. The number of rotatable bonds is 7. The van der Waals surface area contributed by atoms with Crippen molar-refractivity contribution in [3.63, 3.8) is 0 Å². The summed E-state index contributed by atoms with van der Waals surface area (Å²) in [7, 11) is 0. The molecule has 0 fully saturated rings. The van der Waals surface area contributed by atoms with Crippen LogP contribution in [0.25, 0.3) is 0 Å². The SMILES string of the molecule is C=CNC(CCC)CCCC. The Kier molecular flexibility index (Phi) is 7.33. The summed E-state index contributed by atoms with van der Waals surface area (Å²) in [6.45, 7) is 8.14. The zero-order valence-corrected chi connectivity index (χ0v) is 7.90. The summed E-state index contributed by atoms with van der Waals surface area (Å²) < 4.78 is 0. The van der Waals surface area contributed by atoms with E-state index in [0.29, 0.717) is 6.04 Å². The third-order valence-electron chi connectivity index (χ3n) is 1.90. The number of hydrogen-bond donors (Lipinski definition) is 1. The van der Waals surface area contributed by atoms with Gasteiger partial charge in [0.15, 0.2) is 0 Å². The molecule has 0 aromatic heterocycles. The van der Waals surface area contributed by atoms with E-state index in [1.807, 2.05) is 6.20 Å². The lowest BCUT2D eigenvalue weighted by atomic mass is 10.1. The largest absolute Gasteiger partial charge is 0.389 e. The summed E-state index contributed by atoms with van der Waals surface area (Å²) >= 11 is 0. The highest BCUT2D eigenvalue weighted by molar-refractivity contribution is 4.73. The highest BCUT2D eigenvalue weighted by Crippen LogP contribution is 2.06. The molecule has 66 valence electrons. The molecule has 1 nitrogen and oxygen atoms in total. The van der Waals surface area contributed by atoms with E-state index in [4.69, 9.17) is 0 Å². The van der Waals surface area contributed by atoms with E-state index in [0.717, 1.165) is 0 Å². The van der Waals surface area contributed by atoms with Gasteiger partial charge in [-0.1, -0.05) is 39.7 Å². The lowest BCUT2D eigenvalue weighted by molar-refractivity contribution is 0.482. The Morgan fingerprint density at radius 1 is 1.27 bits per heavy atom. The molecule has 0 aliphatic carbocycles. The molecule has 1 heteroatoms. The Morgan fingerprint density at radius 2 is 2.00 bits per heavy atom. The first-order valence-electron chi connectivity index (χ1n) is 4.72. The zero-order valence-electron chi connectivity index (χ0n) is 7.90. The standard InChI is InChI=1S/C10H21N/c1-4-7-9-10(8-5-2)11-6-3/h6,10-11H,3-5,7-9H2,1-2H3. The molecular formula is C10H21N. The minimum atomic E-state index is 0.664. The van der Waals surface area contributed by atoms with E-state index in [9.17, 15) is 0 Å². The highest BCUT2D eigenvalue weighted by Gasteiger charge is 2.02. The van der Waals surface area contributed by atoms with E-state index in [-0.39, 0.29) is 0 Å². The molecule has 0 spiro atoms. The number of unbranched alkanes of at least 4 members (excludes halogenated alkanes) is 1. The molecule has 0 saturated heterocycles. The van der Waals surface area contributed by atoms with E-state index >= 15 is 0 Å². The van der Waals surface area contributed by atoms with Crippen molar-refractivity contribution in [1.82, 2.24) is 5.32 Å². The second-order valence-corrected chi connectivity index (χ2v) is 3.00. The average molecular weight is 155 g/mol. The minimum absolute atomic E-state index is 0.664. The summed E-state index contributed by atoms with van der Waals surface area (Å²) in [6.07, 6.45) is 8.25. The lowest BCUT2D eigenvalue weighted by Gasteiger charge is -2.15. The van der Waals surface area contributed by atoms with Gasteiger partial charge in [0, 0.05) is 6.04 Å². The van der Waals surface area contributed by atoms with Crippen LogP contribution in [0.15, 0.2) is 12.8 Å². The fraction of sp³-hybridized carbons (Fsp3) is 0.800. The molecule has 1 unspecified atom stereocenters. The van der Waals surface area contributed by atoms with Crippen molar-refractivity contribution in [1.29, 1.82) is 0 Å². The Labute approximate surface area is 70.9 Å². The summed E-state index contributed by atoms with van der Waals surface area (Å²) in [5, 5.41) is 3.28. The maximum absolute atomic E-state index is 3.68. The fourth-order valence-corrected chi connectivity index (χ4v) is 1.28. The van der Waals surface area contributed by atoms with Gasteiger partial charge in [0.05, 0.1) is 0 Å². The molecule has 0 bridgehead atoms. The van der Waals surface area contributed by atoms with Crippen molar-refractivity contribution >= 4 is 0 Å². The third-order valence-corrected chi connectivity index (χ3v) is 1.90. The monoisotopic (exact) mass is 155 g/mol. The van der Waals surface area contributed by atoms with Crippen LogP contribution in [0.5, 0.6) is 0 Å². The van der Waals surface area contributed by atoms with E-state index in [1.165, 1.54) is 32.1 Å². The Bertz CT molecular complexity index is 88.9. The van der Waals surface area contributed by atoms with Crippen LogP contribution in [0.3, 0.4) is 0 Å². The maximum atomic E-state index is 3.68. The van der Waals surface area contributed by atoms with Gasteiger partial charge in [-0.25, -0.2) is 0 Å². The molecule has 0 aromatic carbocycles. The first-order chi connectivity index (χ1) is 5.35. The molecular weight excluding hydrogens is 134 g/mol. The molecule has 0 aliphatic heterocycles. The van der Waals surface area contributed by atoms with Gasteiger partial charge in [-0.15, -0.1) is 0 Å². The molecule has 0 aromatic rings. The Balaban J connectivity index is 3.41. The summed E-state index contributed by atoms with van der Waals surface area (Å²) in [5.41, 5.74) is 0. The van der Waals surface area contributed by atoms with Crippen LogP contribution in [0.4, 0.5) is 0 Å². The number of hydrogen-bond acceptors (Lipinski definition) is 1. The van der Waals surface area contributed by atoms with Crippen LogP contribution in [-0.4, -0.2) is 6.04 Å². The average Bonchev–Trinajstić information content (AvgIpc) is 2.01. The maximum Gasteiger partial charge on any atom is 0.0255 e. The quantitative estimate of drug-likeness (QED) is 0.595. The smallest absolute Gasteiger partial charge is 0.0255 e. The van der Waals surface area contributed by atoms with Crippen LogP contribution < -0.4 is 5.32 Å². The molecule has 0 radical (unpaired) electrons. The van der Waals surface area contributed by atoms with Crippen LogP contribution in [0.1, 0.15) is 46.0 Å². The molecule has 1 atom stereocenters. The van der Waals surface area contributed by atoms with Crippen LogP contribution in [-0.2, 0) is 0 Å². The van der Waals surface area contributed by atoms with E-state index < -0.39 is 0 Å². The summed E-state index contributed by atoms with van der Waals surface area (Å²) in [5.74, 6) is 0. The van der Waals surface area contributed by atoms with Gasteiger partial charge in [-0.3, -0.25) is 0 Å². The van der Waals surface area contributed by atoms with Crippen molar-refractivity contribution in [2.75, 3.05) is 0 Å². The van der Waals surface area contributed by atoms with Crippen LogP contribution in [0.2, 0.25) is 0 Å². The molecule has 0 saturated carbocycles. The normalized spacial score (nSPS) is 12.5. The Morgan fingerprint density at radius 3 is 2.45 bits per heavy atom. The first kappa shape index (κ1) is 10.5. The summed E-state index contributed by atoms with van der Waals surface area (Å²) in [6, 6.07) is 0.664. The lowest BCUT2D eigenvalue weighted by Crippen LogP contribution is -2.23. The van der Waals surface area contributed by atoms with Gasteiger partial charge in [0.2, 0.25) is 0 Å². The molecule has 1 N–H and O–H groups in total. The summed E-state index contributed by atoms with van der Waals surface area (Å²) in [4.78, 5) is 0. The van der Waals surface area contributed by atoms with Gasteiger partial charge in [0.25, 0.3) is 0 Å². The van der Waals surface area contributed by atoms with Gasteiger partial charge in [-0.2, -0.15) is 0 Å². The molecule has 0 amide bonds. The molecule has 0 aliphatic rings. The van der Waals surface area contributed by atoms with Crippen molar-refractivity contribution in [2.24, 2.45) is 0 Å². The third kappa shape index (κ3) is 5.96. The molecule has 11 heavy (non-hydrogen) atoms. The van der Waals surface area contributed by atoms with Crippen molar-refractivity contribution < 1.29 is 0 Å². The van der Waals surface area contributed by atoms with Gasteiger partial charge < -0.3 is 5.32 Å². The van der Waals surface area contributed by atoms with Crippen LogP contribution in [0, 0.1) is 0 Å². The molecule has 0 rings (SSSR count). The van der Waals surface area contributed by atoms with Gasteiger partial charge in [0.1, 0.15) is 0 Å². The fourth-order valence-electron chi connectivity index (χ4n) is 1.28. The number of nitrogens with one attached hydrogen (secondary N) is 1. The second-order valence-electron chi connectivity index (χ2n) is 3.00. The van der Waals surface area contributed by atoms with E-state index in [2.05, 4.69) is 25.7 Å². The highest BCUT2D eigenvalue weighted by atomic mass is 14.9. The van der Waals surface area contributed by atoms with Gasteiger partial charge in [-0.05, 0) is 19.0 Å². The predicted molar refractivity (Wildman–Crippen MR) is 51.6 cm³/mol. The van der Waals surface area contributed by atoms with Crippen molar-refractivity contribution in [3.05, 3.63) is 12.8 Å². The van der Waals surface area contributed by atoms with Crippen molar-refractivity contribution in [3.8, 4) is 0 Å². The topological polar surface area (TPSA) is 12.0 Å². The minimum Gasteiger partial charge on any atom is -0.389 e. The predicted octanol–water partition coefficient (Wildman–Crippen LogP) is 3.08. The first-order valence-corrected chi connectivity index (χ1v) is 4.72. The van der Waals surface area contributed by atoms with Gasteiger partial charge >= 0.3 is 0 Å². The second kappa shape index (κ2) is 7.64. The Hall–Kier alpha value is -0.460. The van der Waals surface area contributed by atoms with Crippen molar-refractivity contribution in [2.45, 2.75) is 52.0 Å².